The number of ether oxygens (including phenoxy) is 1. The maximum absolute atomic E-state index is 13.7. The normalized spacial score (nSPS) is 10.9. The van der Waals surface area contributed by atoms with E-state index >= 15 is 0 Å². The Morgan fingerprint density at radius 2 is 1.63 bits per heavy atom. The Morgan fingerprint density at radius 1 is 0.895 bits per heavy atom. The van der Waals surface area contributed by atoms with Crippen molar-refractivity contribution in [1.29, 1.82) is 0 Å². The van der Waals surface area contributed by atoms with Crippen LogP contribution >= 0.6 is 0 Å². The third-order valence-corrected chi connectivity index (χ3v) is 6.67. The second-order valence-electron chi connectivity index (χ2n) is 9.42. The number of carbonyl (C=O) groups is 2. The molecule has 0 saturated carbocycles. The van der Waals surface area contributed by atoms with Crippen molar-refractivity contribution in [3.63, 3.8) is 0 Å². The lowest BCUT2D eigenvalue weighted by molar-refractivity contribution is -0.132. The van der Waals surface area contributed by atoms with Crippen LogP contribution in [0.2, 0.25) is 0 Å². The predicted octanol–water partition coefficient (Wildman–Crippen LogP) is 5.62. The van der Waals surface area contributed by atoms with Crippen LogP contribution in [0.3, 0.4) is 0 Å². The molecule has 38 heavy (non-hydrogen) atoms. The Balaban J connectivity index is 1.50. The number of urea groups is 1. The molecule has 0 atom stereocenters. The number of aromatic nitrogens is 1. The van der Waals surface area contributed by atoms with Gasteiger partial charge in [0.05, 0.1) is 0 Å². The van der Waals surface area contributed by atoms with Gasteiger partial charge in [-0.05, 0) is 48.6 Å². The van der Waals surface area contributed by atoms with E-state index in [1.807, 2.05) is 84.8 Å². The first-order valence-corrected chi connectivity index (χ1v) is 13.0. The first-order valence-electron chi connectivity index (χ1n) is 13.0. The van der Waals surface area contributed by atoms with Crippen LogP contribution in [-0.2, 0) is 22.5 Å². The molecule has 4 aromatic rings. The third kappa shape index (κ3) is 7.23. The number of hydrogen-bond donors (Lipinski definition) is 2. The number of carbonyl (C=O) groups excluding carboxylic acids is 2. The van der Waals surface area contributed by atoms with Crippen LogP contribution in [0.25, 0.3) is 10.9 Å². The monoisotopic (exact) mass is 512 g/mol. The summed E-state index contributed by atoms with van der Waals surface area (Å²) in [6, 6.07) is 25.5. The number of anilines is 1. The molecular formula is C31H36N4O3. The Labute approximate surface area is 224 Å². The van der Waals surface area contributed by atoms with Gasteiger partial charge in [0.2, 0.25) is 5.91 Å². The van der Waals surface area contributed by atoms with E-state index in [1.54, 1.807) is 12.0 Å². The molecule has 4 rings (SSSR count). The minimum atomic E-state index is -0.292. The molecule has 0 aliphatic carbocycles. The van der Waals surface area contributed by atoms with Crippen molar-refractivity contribution >= 4 is 28.5 Å². The molecule has 0 spiro atoms. The fourth-order valence-electron chi connectivity index (χ4n) is 4.51. The van der Waals surface area contributed by atoms with Crippen LogP contribution < -0.4 is 5.32 Å². The average molecular weight is 513 g/mol. The molecule has 0 aliphatic rings. The summed E-state index contributed by atoms with van der Waals surface area (Å²) in [6.07, 6.45) is 3.36. The van der Waals surface area contributed by atoms with Gasteiger partial charge in [0.15, 0.2) is 0 Å². The van der Waals surface area contributed by atoms with Crippen molar-refractivity contribution in [2.24, 2.45) is 0 Å². The number of para-hydroxylation sites is 2. The van der Waals surface area contributed by atoms with E-state index < -0.39 is 0 Å². The lowest BCUT2D eigenvalue weighted by Crippen LogP contribution is -2.45. The average Bonchev–Trinajstić information content (AvgIpc) is 3.35. The minimum absolute atomic E-state index is 0.0118. The standard InChI is InChI=1S/C31H36N4O3/c1-24-11-6-8-15-28(24)33-31(37)35(18-10-20-38-2)23-30(36)34(22-25-12-4-3-5-13-25)19-17-26-21-32-29-16-9-7-14-27(26)29/h3-9,11-16,21,32H,10,17-20,22-23H2,1-2H3,(H,33,37). The van der Waals surface area contributed by atoms with E-state index in [0.29, 0.717) is 39.1 Å². The number of nitrogens with one attached hydrogen (secondary N) is 2. The van der Waals surface area contributed by atoms with Crippen molar-refractivity contribution < 1.29 is 14.3 Å². The van der Waals surface area contributed by atoms with Crippen molar-refractivity contribution in [3.05, 3.63) is 102 Å². The highest BCUT2D eigenvalue weighted by Gasteiger charge is 2.22. The summed E-state index contributed by atoms with van der Waals surface area (Å²) in [4.78, 5) is 33.7. The minimum Gasteiger partial charge on any atom is -0.385 e. The Hall–Kier alpha value is -4.10. The molecule has 0 fully saturated rings. The zero-order valence-electron chi connectivity index (χ0n) is 22.2. The highest BCUT2D eigenvalue weighted by molar-refractivity contribution is 5.93. The molecule has 3 amide bonds. The van der Waals surface area contributed by atoms with Gasteiger partial charge in [0.1, 0.15) is 6.54 Å². The van der Waals surface area contributed by atoms with Gasteiger partial charge < -0.3 is 24.8 Å². The number of aryl methyl sites for hydroxylation is 1. The topological polar surface area (TPSA) is 77.7 Å². The lowest BCUT2D eigenvalue weighted by atomic mass is 10.1. The summed E-state index contributed by atoms with van der Waals surface area (Å²) in [7, 11) is 1.63. The van der Waals surface area contributed by atoms with E-state index in [9.17, 15) is 9.59 Å². The van der Waals surface area contributed by atoms with Crippen LogP contribution in [0.5, 0.6) is 0 Å². The number of fused-ring (bicyclic) bond motifs is 1. The molecule has 0 aliphatic heterocycles. The van der Waals surface area contributed by atoms with Crippen molar-refractivity contribution in [2.75, 3.05) is 38.7 Å². The molecule has 0 radical (unpaired) electrons. The van der Waals surface area contributed by atoms with Gasteiger partial charge in [-0.3, -0.25) is 4.79 Å². The summed E-state index contributed by atoms with van der Waals surface area (Å²) < 4.78 is 5.20. The van der Waals surface area contributed by atoms with E-state index in [1.165, 1.54) is 10.9 Å². The number of H-pyrrole nitrogens is 1. The zero-order valence-corrected chi connectivity index (χ0v) is 22.2. The number of aromatic amines is 1. The summed E-state index contributed by atoms with van der Waals surface area (Å²) >= 11 is 0. The molecule has 2 N–H and O–H groups in total. The van der Waals surface area contributed by atoms with Gasteiger partial charge in [0.25, 0.3) is 0 Å². The molecule has 1 heterocycles. The quantitative estimate of drug-likeness (QED) is 0.242. The fourth-order valence-corrected chi connectivity index (χ4v) is 4.51. The fraction of sp³-hybridized carbons (Fsp3) is 0.290. The predicted molar refractivity (Wildman–Crippen MR) is 152 cm³/mol. The number of amides is 3. The van der Waals surface area contributed by atoms with Crippen LogP contribution in [-0.4, -0.2) is 60.1 Å². The first-order chi connectivity index (χ1) is 18.5. The van der Waals surface area contributed by atoms with E-state index in [4.69, 9.17) is 4.74 Å². The molecule has 0 unspecified atom stereocenters. The maximum Gasteiger partial charge on any atom is 0.322 e. The summed E-state index contributed by atoms with van der Waals surface area (Å²) in [5.41, 5.74) is 5.01. The molecule has 198 valence electrons. The van der Waals surface area contributed by atoms with Gasteiger partial charge in [-0.25, -0.2) is 4.79 Å². The SMILES string of the molecule is COCCCN(CC(=O)N(CCc1c[nH]c2ccccc12)Cc1ccccc1)C(=O)Nc1ccccc1C. The van der Waals surface area contributed by atoms with Crippen LogP contribution in [0.1, 0.15) is 23.1 Å². The molecule has 3 aromatic carbocycles. The summed E-state index contributed by atoms with van der Waals surface area (Å²) in [6.45, 7) is 3.88. The Kier molecular flexibility index (Phi) is 9.54. The third-order valence-electron chi connectivity index (χ3n) is 6.67. The molecule has 7 nitrogen and oxygen atoms in total. The molecule has 0 bridgehead atoms. The Morgan fingerprint density at radius 3 is 2.42 bits per heavy atom. The van der Waals surface area contributed by atoms with Crippen molar-refractivity contribution in [3.8, 4) is 0 Å². The van der Waals surface area contributed by atoms with Crippen molar-refractivity contribution in [2.45, 2.75) is 26.3 Å². The highest BCUT2D eigenvalue weighted by Crippen LogP contribution is 2.19. The van der Waals surface area contributed by atoms with Crippen LogP contribution in [0.4, 0.5) is 10.5 Å². The maximum atomic E-state index is 13.7. The highest BCUT2D eigenvalue weighted by atomic mass is 16.5. The zero-order chi connectivity index (χ0) is 26.7. The van der Waals surface area contributed by atoms with Gasteiger partial charge in [-0.2, -0.15) is 0 Å². The number of benzene rings is 3. The smallest absolute Gasteiger partial charge is 0.322 e. The molecule has 0 saturated heterocycles. The molecule has 1 aromatic heterocycles. The lowest BCUT2D eigenvalue weighted by Gasteiger charge is -2.28. The number of methoxy groups -OCH3 is 1. The van der Waals surface area contributed by atoms with Crippen LogP contribution in [0, 0.1) is 6.92 Å². The summed E-state index contributed by atoms with van der Waals surface area (Å²) in [5, 5.41) is 4.14. The molecule has 7 heteroatoms. The van der Waals surface area contributed by atoms with E-state index in [0.717, 1.165) is 22.3 Å². The first kappa shape index (κ1) is 26.9. The second kappa shape index (κ2) is 13.4. The number of rotatable bonds is 12. The van der Waals surface area contributed by atoms with Crippen molar-refractivity contribution in [1.82, 2.24) is 14.8 Å². The summed E-state index contributed by atoms with van der Waals surface area (Å²) in [5.74, 6) is -0.0916. The second-order valence-corrected chi connectivity index (χ2v) is 9.42. The molecular weight excluding hydrogens is 476 g/mol. The van der Waals surface area contributed by atoms with E-state index in [-0.39, 0.29) is 18.5 Å². The van der Waals surface area contributed by atoms with Crippen LogP contribution in [0.15, 0.2) is 85.1 Å². The van der Waals surface area contributed by atoms with E-state index in [2.05, 4.69) is 22.4 Å². The van der Waals surface area contributed by atoms with Gasteiger partial charge in [-0.15, -0.1) is 0 Å². The Bertz CT molecular complexity index is 1340. The number of hydrogen-bond acceptors (Lipinski definition) is 3. The largest absolute Gasteiger partial charge is 0.385 e. The van der Waals surface area contributed by atoms with Gasteiger partial charge >= 0.3 is 6.03 Å². The van der Waals surface area contributed by atoms with Gasteiger partial charge in [0, 0.05) is 56.1 Å². The van der Waals surface area contributed by atoms with Gasteiger partial charge in [-0.1, -0.05) is 66.7 Å². The number of nitrogens with zero attached hydrogens (tertiary/aromatic N) is 2.